The van der Waals surface area contributed by atoms with Gasteiger partial charge in [0.05, 0.1) is 6.61 Å². The Labute approximate surface area is 124 Å². The molecule has 0 fully saturated rings. The maximum Gasteiger partial charge on any atom is 0.500 e. The highest BCUT2D eigenvalue weighted by Crippen LogP contribution is 2.15. The Balaban J connectivity index is 2.12. The van der Waals surface area contributed by atoms with Crippen molar-refractivity contribution >= 4 is 25.3 Å². The Morgan fingerprint density at radius 3 is 2.60 bits per heavy atom. The first-order valence-electron chi connectivity index (χ1n) is 6.23. The summed E-state index contributed by atoms with van der Waals surface area (Å²) in [5.74, 6) is 0. The second-order valence-electron chi connectivity index (χ2n) is 3.97. The molecule has 7 nitrogen and oxygen atoms in total. The Kier molecular flexibility index (Phi) is 8.22. The highest BCUT2D eigenvalue weighted by molar-refractivity contribution is 7.13. The number of aliphatic hydroxyl groups excluding tert-OH is 1. The highest BCUT2D eigenvalue weighted by Gasteiger charge is 2.36. The van der Waals surface area contributed by atoms with Crippen LogP contribution in [0.25, 0.3) is 0 Å². The number of ether oxygens (including phenoxy) is 1. The Morgan fingerprint density at radius 2 is 2.05 bits per heavy atom. The lowest BCUT2D eigenvalue weighted by molar-refractivity contribution is 0.0481. The van der Waals surface area contributed by atoms with Crippen molar-refractivity contribution in [3.8, 4) is 0 Å². The van der Waals surface area contributed by atoms with Gasteiger partial charge in [-0.15, -0.1) is 11.3 Å². The average Bonchev–Trinajstić information content (AvgIpc) is 2.96. The fraction of sp³-hybridized carbons (Fsp3) is 0.727. The zero-order valence-electron chi connectivity index (χ0n) is 12.0. The van der Waals surface area contributed by atoms with Crippen LogP contribution in [0.2, 0.25) is 6.04 Å². The molecule has 0 amide bonds. The van der Waals surface area contributed by atoms with Gasteiger partial charge >= 0.3 is 8.80 Å². The third-order valence-electron chi connectivity index (χ3n) is 2.70. The molecule has 0 aromatic carbocycles. The fourth-order valence-electron chi connectivity index (χ4n) is 1.62. The second-order valence-corrected chi connectivity index (χ2v) is 7.96. The van der Waals surface area contributed by atoms with Crippen molar-refractivity contribution in [3.63, 3.8) is 0 Å². The van der Waals surface area contributed by atoms with Crippen LogP contribution < -0.4 is 5.32 Å². The van der Waals surface area contributed by atoms with Crippen molar-refractivity contribution < 1.29 is 23.1 Å². The molecule has 1 rings (SSSR count). The van der Waals surface area contributed by atoms with Gasteiger partial charge in [0.1, 0.15) is 6.23 Å². The molecule has 0 radical (unpaired) electrons. The third kappa shape index (κ3) is 5.83. The van der Waals surface area contributed by atoms with Gasteiger partial charge in [-0.05, 0) is 6.42 Å². The molecule has 0 aliphatic rings. The minimum absolute atomic E-state index is 0.196. The van der Waals surface area contributed by atoms with Crippen LogP contribution in [-0.2, 0) is 18.0 Å². The summed E-state index contributed by atoms with van der Waals surface area (Å²) in [5, 5.41) is 15.0. The molecule has 1 unspecified atom stereocenters. The molecule has 1 aromatic heterocycles. The average molecular weight is 322 g/mol. The van der Waals surface area contributed by atoms with Gasteiger partial charge in [-0.25, -0.2) is 4.98 Å². The van der Waals surface area contributed by atoms with Crippen LogP contribution in [0.15, 0.2) is 11.6 Å². The Hall–Kier alpha value is -0.553. The van der Waals surface area contributed by atoms with Crippen molar-refractivity contribution in [2.45, 2.75) is 18.7 Å². The van der Waals surface area contributed by atoms with E-state index in [0.717, 1.165) is 6.42 Å². The minimum atomic E-state index is -2.51. The summed E-state index contributed by atoms with van der Waals surface area (Å²) in [6, 6.07) is 0.673. The van der Waals surface area contributed by atoms with Gasteiger partial charge in [0, 0.05) is 45.6 Å². The smallest absolute Gasteiger partial charge is 0.377 e. The van der Waals surface area contributed by atoms with E-state index in [0.29, 0.717) is 17.8 Å². The van der Waals surface area contributed by atoms with E-state index >= 15 is 0 Å². The molecule has 20 heavy (non-hydrogen) atoms. The molecule has 9 heteroatoms. The quantitative estimate of drug-likeness (QED) is 0.359. The van der Waals surface area contributed by atoms with Gasteiger partial charge in [-0.3, -0.25) is 0 Å². The summed E-state index contributed by atoms with van der Waals surface area (Å²) < 4.78 is 21.3. The number of aliphatic hydroxyl groups is 1. The molecule has 0 saturated carbocycles. The second kappa shape index (κ2) is 9.40. The number of rotatable bonds is 11. The number of aromatic nitrogens is 1. The summed E-state index contributed by atoms with van der Waals surface area (Å²) >= 11 is 1.43. The van der Waals surface area contributed by atoms with Gasteiger partial charge in [-0.1, -0.05) is 0 Å². The summed E-state index contributed by atoms with van der Waals surface area (Å²) in [7, 11) is 2.24. The molecule has 0 spiro atoms. The lowest BCUT2D eigenvalue weighted by Crippen LogP contribution is -2.42. The monoisotopic (exact) mass is 322 g/mol. The van der Waals surface area contributed by atoms with E-state index in [1.165, 1.54) is 11.3 Å². The topological polar surface area (TPSA) is 82.1 Å². The van der Waals surface area contributed by atoms with Crippen molar-refractivity contribution in [1.82, 2.24) is 4.98 Å². The van der Waals surface area contributed by atoms with Crippen LogP contribution >= 0.6 is 11.3 Å². The first-order valence-corrected chi connectivity index (χ1v) is 9.04. The summed E-state index contributed by atoms with van der Waals surface area (Å²) in [4.78, 5) is 4.01. The van der Waals surface area contributed by atoms with Crippen LogP contribution in [-0.4, -0.2) is 59.7 Å². The molecule has 2 N–H and O–H groups in total. The lowest BCUT2D eigenvalue weighted by atomic mass is 10.5. The third-order valence-corrected chi connectivity index (χ3v) is 6.24. The van der Waals surface area contributed by atoms with Gasteiger partial charge in [0.2, 0.25) is 0 Å². The summed E-state index contributed by atoms with van der Waals surface area (Å²) in [6.45, 7) is 0.697. The number of hydrogen-bond acceptors (Lipinski definition) is 8. The predicted octanol–water partition coefficient (Wildman–Crippen LogP) is 1.16. The van der Waals surface area contributed by atoms with E-state index in [1.54, 1.807) is 27.5 Å². The Bertz CT molecular complexity index is 342. The van der Waals surface area contributed by atoms with Crippen LogP contribution in [0.5, 0.6) is 0 Å². The van der Waals surface area contributed by atoms with Crippen molar-refractivity contribution in [2.24, 2.45) is 0 Å². The molecule has 0 bridgehead atoms. The number of nitrogens with zero attached hydrogens (tertiary/aromatic N) is 1. The molecule has 1 heterocycles. The van der Waals surface area contributed by atoms with Gasteiger partial charge < -0.3 is 28.4 Å². The zero-order valence-corrected chi connectivity index (χ0v) is 13.8. The SMILES string of the molecule is CO[Si](CCCOCC(O)Nc1nccs1)(OC)OC. The molecule has 116 valence electrons. The van der Waals surface area contributed by atoms with E-state index in [9.17, 15) is 5.11 Å². The molecule has 0 aliphatic carbocycles. The van der Waals surface area contributed by atoms with Crippen molar-refractivity contribution in [1.29, 1.82) is 0 Å². The number of thiazole rings is 1. The van der Waals surface area contributed by atoms with Gasteiger partial charge in [0.25, 0.3) is 0 Å². The number of anilines is 1. The largest absolute Gasteiger partial charge is 0.500 e. The maximum absolute atomic E-state index is 9.68. The van der Waals surface area contributed by atoms with Crippen LogP contribution in [0.1, 0.15) is 6.42 Å². The number of nitrogens with one attached hydrogen (secondary N) is 1. The zero-order chi connectivity index (χ0) is 14.8. The fourth-order valence-corrected chi connectivity index (χ4v) is 3.89. The van der Waals surface area contributed by atoms with E-state index < -0.39 is 15.0 Å². The molecule has 1 aromatic rings. The van der Waals surface area contributed by atoms with Crippen molar-refractivity contribution in [3.05, 3.63) is 11.6 Å². The van der Waals surface area contributed by atoms with E-state index in [2.05, 4.69) is 10.3 Å². The standard InChI is InChI=1S/C11H22N2O5SSi/c1-15-20(16-2,17-3)8-4-6-18-9-10(14)13-11-12-5-7-19-11/h5,7,10,14H,4,6,8-9H2,1-3H3,(H,12,13). The molecular weight excluding hydrogens is 300 g/mol. The normalized spacial score (nSPS) is 13.4. The molecule has 0 saturated heterocycles. The first-order chi connectivity index (χ1) is 9.65. The maximum atomic E-state index is 9.68. The Morgan fingerprint density at radius 1 is 1.35 bits per heavy atom. The minimum Gasteiger partial charge on any atom is -0.377 e. The van der Waals surface area contributed by atoms with Gasteiger partial charge in [-0.2, -0.15) is 0 Å². The van der Waals surface area contributed by atoms with Crippen LogP contribution in [0, 0.1) is 0 Å². The predicted molar refractivity (Wildman–Crippen MR) is 78.8 cm³/mol. The van der Waals surface area contributed by atoms with Crippen LogP contribution in [0.4, 0.5) is 5.13 Å². The van der Waals surface area contributed by atoms with Gasteiger partial charge in [0.15, 0.2) is 5.13 Å². The molecular formula is C11H22N2O5SSi. The molecule has 1 atom stereocenters. The van der Waals surface area contributed by atoms with E-state index in [-0.39, 0.29) is 6.61 Å². The number of hydrogen-bond donors (Lipinski definition) is 2. The van der Waals surface area contributed by atoms with Crippen molar-refractivity contribution in [2.75, 3.05) is 39.9 Å². The summed E-state index contributed by atoms with van der Waals surface area (Å²) in [5.41, 5.74) is 0. The first kappa shape index (κ1) is 17.5. The summed E-state index contributed by atoms with van der Waals surface area (Å²) in [6.07, 6.45) is 1.65. The van der Waals surface area contributed by atoms with E-state index in [4.69, 9.17) is 18.0 Å². The molecule has 0 aliphatic heterocycles. The lowest BCUT2D eigenvalue weighted by Gasteiger charge is -2.24. The van der Waals surface area contributed by atoms with E-state index in [1.807, 2.05) is 5.38 Å². The highest BCUT2D eigenvalue weighted by atomic mass is 32.1. The van der Waals surface area contributed by atoms with Crippen LogP contribution in [0.3, 0.4) is 0 Å².